The number of fused-ring (bicyclic) bond motifs is 1. The SMILES string of the molecule is CCNC(=O)Nc1cc(-c2nc(C(F)(F)F)cs2)c(-c2cc3c(=O)c(C(=O)O)cn(CCCOC)c3cn2)cn1. The van der Waals surface area contributed by atoms with Crippen LogP contribution in [0.4, 0.5) is 23.8 Å². The Bertz CT molecular complexity index is 1640. The molecule has 0 saturated heterocycles. The second kappa shape index (κ2) is 11.8. The summed E-state index contributed by atoms with van der Waals surface area (Å²) in [5.41, 5.74) is -1.38. The lowest BCUT2D eigenvalue weighted by molar-refractivity contribution is -0.140. The number of anilines is 1. The normalized spacial score (nSPS) is 11.5. The number of nitrogens with one attached hydrogen (secondary N) is 2. The van der Waals surface area contributed by atoms with Gasteiger partial charge in [0.2, 0.25) is 5.43 Å². The molecule has 0 atom stereocenters. The van der Waals surface area contributed by atoms with Gasteiger partial charge in [-0.05, 0) is 25.5 Å². The standard InChI is InChI=1S/C25H23F3N6O5S/c1-3-29-24(38)33-20-8-13(22-32-19(12-40-22)25(26,27)28)15(9-31-20)17-7-14-18(10-30-17)34(5-4-6-39-2)11-16(21(14)35)23(36)37/h7-12H,3-6H2,1-2H3,(H,36,37)(H2,29,31,33,38). The van der Waals surface area contributed by atoms with Gasteiger partial charge in [-0.25, -0.2) is 19.6 Å². The zero-order chi connectivity index (χ0) is 29.0. The molecule has 3 N–H and O–H groups in total. The van der Waals surface area contributed by atoms with E-state index in [1.807, 2.05) is 0 Å². The number of carbonyl (C=O) groups is 2. The maximum Gasteiger partial charge on any atom is 0.434 e. The van der Waals surface area contributed by atoms with Crippen LogP contribution in [-0.2, 0) is 17.5 Å². The molecule has 210 valence electrons. The molecular formula is C25H23F3N6O5S. The van der Waals surface area contributed by atoms with Gasteiger partial charge in [-0.1, -0.05) is 0 Å². The number of carbonyl (C=O) groups excluding carboxylic acids is 1. The number of thiazole rings is 1. The molecule has 0 bridgehead atoms. The summed E-state index contributed by atoms with van der Waals surface area (Å²) in [6, 6.07) is 2.15. The maximum atomic E-state index is 13.3. The van der Waals surface area contributed by atoms with Crippen LogP contribution in [-0.4, -0.2) is 56.9 Å². The smallest absolute Gasteiger partial charge is 0.434 e. The van der Waals surface area contributed by atoms with Gasteiger partial charge in [-0.3, -0.25) is 15.1 Å². The number of methoxy groups -OCH3 is 1. The molecule has 4 rings (SSSR count). The Labute approximate surface area is 228 Å². The molecule has 0 saturated carbocycles. The highest BCUT2D eigenvalue weighted by Gasteiger charge is 2.34. The van der Waals surface area contributed by atoms with Crippen molar-refractivity contribution in [3.8, 4) is 21.8 Å². The van der Waals surface area contributed by atoms with Crippen LogP contribution in [0.15, 0.2) is 40.9 Å². The summed E-state index contributed by atoms with van der Waals surface area (Å²) >= 11 is 0.733. The number of rotatable bonds is 9. The fourth-order valence-corrected chi connectivity index (χ4v) is 4.76. The number of aryl methyl sites for hydroxylation is 1. The van der Waals surface area contributed by atoms with Gasteiger partial charge in [0, 0.05) is 55.7 Å². The number of urea groups is 1. The molecule has 0 unspecified atom stereocenters. The van der Waals surface area contributed by atoms with Crippen molar-refractivity contribution < 1.29 is 32.6 Å². The van der Waals surface area contributed by atoms with E-state index in [1.165, 1.54) is 37.8 Å². The summed E-state index contributed by atoms with van der Waals surface area (Å²) < 4.78 is 46.6. The van der Waals surface area contributed by atoms with E-state index in [2.05, 4.69) is 25.6 Å². The Morgan fingerprint density at radius 2 is 1.95 bits per heavy atom. The van der Waals surface area contributed by atoms with Gasteiger partial charge in [0.25, 0.3) is 0 Å². The topological polar surface area (TPSA) is 148 Å². The molecule has 15 heteroatoms. The molecule has 4 aromatic heterocycles. The van der Waals surface area contributed by atoms with Gasteiger partial charge >= 0.3 is 18.2 Å². The van der Waals surface area contributed by atoms with Crippen LogP contribution >= 0.6 is 11.3 Å². The molecular weight excluding hydrogens is 553 g/mol. The molecule has 0 spiro atoms. The number of aromatic carboxylic acids is 1. The van der Waals surface area contributed by atoms with Crippen molar-refractivity contribution in [3.63, 3.8) is 0 Å². The van der Waals surface area contributed by atoms with Gasteiger partial charge < -0.3 is 19.7 Å². The Morgan fingerprint density at radius 3 is 2.60 bits per heavy atom. The molecule has 2 amide bonds. The zero-order valence-corrected chi connectivity index (χ0v) is 22.0. The van der Waals surface area contributed by atoms with E-state index in [0.29, 0.717) is 31.6 Å². The number of hydrogen-bond acceptors (Lipinski definition) is 8. The monoisotopic (exact) mass is 576 g/mol. The number of ether oxygens (including phenoxy) is 1. The van der Waals surface area contributed by atoms with E-state index in [0.717, 1.165) is 16.7 Å². The first-order chi connectivity index (χ1) is 19.0. The van der Waals surface area contributed by atoms with Gasteiger partial charge in [-0.15, -0.1) is 11.3 Å². The van der Waals surface area contributed by atoms with Gasteiger partial charge in [0.05, 0.1) is 22.8 Å². The molecule has 0 aromatic carbocycles. The molecule has 4 heterocycles. The number of carboxylic acids is 1. The summed E-state index contributed by atoms with van der Waals surface area (Å²) in [7, 11) is 1.53. The quantitative estimate of drug-likeness (QED) is 0.247. The number of carboxylic acid groups (broad SMARTS) is 1. The molecule has 0 radical (unpaired) electrons. The highest BCUT2D eigenvalue weighted by molar-refractivity contribution is 7.13. The number of halogens is 3. The molecule has 0 aliphatic heterocycles. The van der Waals surface area contributed by atoms with Crippen molar-refractivity contribution in [2.75, 3.05) is 25.6 Å². The van der Waals surface area contributed by atoms with Crippen LogP contribution in [0.1, 0.15) is 29.4 Å². The molecule has 0 fully saturated rings. The van der Waals surface area contributed by atoms with Crippen molar-refractivity contribution >= 4 is 40.1 Å². The maximum absolute atomic E-state index is 13.3. The average Bonchev–Trinajstić information content (AvgIpc) is 3.41. The van der Waals surface area contributed by atoms with Crippen LogP contribution in [0.3, 0.4) is 0 Å². The number of pyridine rings is 3. The molecule has 0 aliphatic rings. The summed E-state index contributed by atoms with van der Waals surface area (Å²) in [6.07, 6.45) is -0.218. The molecule has 4 aromatic rings. The fourth-order valence-electron chi connectivity index (χ4n) is 3.91. The Kier molecular flexibility index (Phi) is 8.44. The first-order valence-corrected chi connectivity index (χ1v) is 12.7. The second-order valence-electron chi connectivity index (χ2n) is 8.44. The molecule has 40 heavy (non-hydrogen) atoms. The fraction of sp³-hybridized carbons (Fsp3) is 0.280. The lowest BCUT2D eigenvalue weighted by Gasteiger charge is -2.14. The minimum atomic E-state index is -4.67. The lowest BCUT2D eigenvalue weighted by Crippen LogP contribution is -2.28. The number of alkyl halides is 3. The first-order valence-electron chi connectivity index (χ1n) is 11.9. The highest BCUT2D eigenvalue weighted by Crippen LogP contribution is 2.38. The van der Waals surface area contributed by atoms with Crippen molar-refractivity contribution in [1.82, 2.24) is 24.8 Å². The lowest BCUT2D eigenvalue weighted by atomic mass is 10.0. The number of amides is 2. The van der Waals surface area contributed by atoms with E-state index in [4.69, 9.17) is 4.74 Å². The summed E-state index contributed by atoms with van der Waals surface area (Å²) in [5.74, 6) is -1.36. The van der Waals surface area contributed by atoms with Crippen LogP contribution in [0, 0.1) is 0 Å². The average molecular weight is 577 g/mol. The number of hydrogen-bond donors (Lipinski definition) is 3. The van der Waals surface area contributed by atoms with Crippen molar-refractivity contribution in [3.05, 3.63) is 57.6 Å². The third kappa shape index (κ3) is 6.10. The van der Waals surface area contributed by atoms with Crippen LogP contribution in [0.2, 0.25) is 0 Å². The van der Waals surface area contributed by atoms with Crippen LogP contribution < -0.4 is 16.1 Å². The highest BCUT2D eigenvalue weighted by atomic mass is 32.1. The summed E-state index contributed by atoms with van der Waals surface area (Å²) in [5, 5.41) is 15.5. The number of nitrogens with zero attached hydrogens (tertiary/aromatic N) is 4. The molecule has 0 aliphatic carbocycles. The van der Waals surface area contributed by atoms with E-state index in [-0.39, 0.29) is 33.0 Å². The number of aromatic nitrogens is 4. The zero-order valence-electron chi connectivity index (χ0n) is 21.2. The van der Waals surface area contributed by atoms with Crippen LogP contribution in [0.5, 0.6) is 0 Å². The van der Waals surface area contributed by atoms with Gasteiger partial charge in [-0.2, -0.15) is 13.2 Å². The van der Waals surface area contributed by atoms with Gasteiger partial charge in [0.15, 0.2) is 5.69 Å². The van der Waals surface area contributed by atoms with Crippen LogP contribution in [0.25, 0.3) is 32.7 Å². The Hall–Kier alpha value is -4.37. The largest absolute Gasteiger partial charge is 0.477 e. The Balaban J connectivity index is 1.90. The van der Waals surface area contributed by atoms with E-state index >= 15 is 0 Å². The van der Waals surface area contributed by atoms with Crippen molar-refractivity contribution in [1.29, 1.82) is 0 Å². The summed E-state index contributed by atoms with van der Waals surface area (Å²) in [4.78, 5) is 49.2. The Morgan fingerprint density at radius 1 is 1.18 bits per heavy atom. The van der Waals surface area contributed by atoms with Gasteiger partial charge in [0.1, 0.15) is 16.4 Å². The predicted octanol–water partition coefficient (Wildman–Crippen LogP) is 4.48. The van der Waals surface area contributed by atoms with E-state index < -0.39 is 34.9 Å². The molecule has 11 nitrogen and oxygen atoms in total. The third-order valence-electron chi connectivity index (χ3n) is 5.73. The third-order valence-corrected chi connectivity index (χ3v) is 6.60. The minimum Gasteiger partial charge on any atom is -0.477 e. The van der Waals surface area contributed by atoms with E-state index in [9.17, 15) is 32.7 Å². The van der Waals surface area contributed by atoms with E-state index in [1.54, 1.807) is 11.5 Å². The minimum absolute atomic E-state index is 0.0261. The first kappa shape index (κ1) is 28.6. The van der Waals surface area contributed by atoms with Crippen molar-refractivity contribution in [2.24, 2.45) is 0 Å². The van der Waals surface area contributed by atoms with Crippen molar-refractivity contribution in [2.45, 2.75) is 26.1 Å². The second-order valence-corrected chi connectivity index (χ2v) is 9.30. The summed E-state index contributed by atoms with van der Waals surface area (Å²) in [6.45, 7) is 2.79. The predicted molar refractivity (Wildman–Crippen MR) is 141 cm³/mol.